The Morgan fingerprint density at radius 3 is 1.97 bits per heavy atom. The van der Waals surface area contributed by atoms with Gasteiger partial charge in [0, 0.05) is 37.2 Å². The van der Waals surface area contributed by atoms with Crippen molar-refractivity contribution in [2.45, 2.75) is 38.9 Å². The Morgan fingerprint density at radius 1 is 0.763 bits per heavy atom. The van der Waals surface area contributed by atoms with E-state index in [2.05, 4.69) is 5.32 Å². The maximum Gasteiger partial charge on any atom is 0.261 e. The number of hydrogen-bond donors (Lipinski definition) is 1. The lowest BCUT2D eigenvalue weighted by Crippen LogP contribution is -2.52. The van der Waals surface area contributed by atoms with Crippen LogP contribution in [-0.4, -0.2) is 56.7 Å². The van der Waals surface area contributed by atoms with E-state index in [1.54, 1.807) is 44.4 Å². The molecular formula is C30H36N2O6. The number of methoxy groups -OCH3 is 3. The number of hydrogen-bond acceptors (Lipinski definition) is 6. The molecule has 0 fully saturated rings. The molecule has 38 heavy (non-hydrogen) atoms. The van der Waals surface area contributed by atoms with E-state index < -0.39 is 6.04 Å². The predicted octanol–water partition coefficient (Wildman–Crippen LogP) is 4.26. The second-order valence-corrected chi connectivity index (χ2v) is 9.08. The van der Waals surface area contributed by atoms with E-state index >= 15 is 0 Å². The summed E-state index contributed by atoms with van der Waals surface area (Å²) in [4.78, 5) is 28.8. The summed E-state index contributed by atoms with van der Waals surface area (Å²) in [6.07, 6.45) is 0.349. The Bertz CT molecular complexity index is 1180. The van der Waals surface area contributed by atoms with Gasteiger partial charge in [0.25, 0.3) is 5.91 Å². The van der Waals surface area contributed by atoms with Gasteiger partial charge in [-0.15, -0.1) is 0 Å². The summed E-state index contributed by atoms with van der Waals surface area (Å²) in [6.45, 7) is 3.71. The number of benzene rings is 3. The average molecular weight is 521 g/mol. The molecule has 202 valence electrons. The molecule has 8 heteroatoms. The average Bonchev–Trinajstić information content (AvgIpc) is 2.93. The van der Waals surface area contributed by atoms with E-state index in [9.17, 15) is 9.59 Å². The highest BCUT2D eigenvalue weighted by molar-refractivity contribution is 5.88. The van der Waals surface area contributed by atoms with Gasteiger partial charge in [0.15, 0.2) is 6.61 Å². The molecule has 0 saturated carbocycles. The van der Waals surface area contributed by atoms with Crippen LogP contribution >= 0.6 is 0 Å². The standard InChI is InChI=1S/C30H36N2O6/c1-21(2)31-30(34)28(15-22-10-7-6-8-11-22)32(19-23-12-9-13-24(14-23)35-3)29(33)20-38-27-17-25(36-4)16-26(18-27)37-5/h6-14,16-18,21,28H,15,19-20H2,1-5H3,(H,31,34)/t28-/m1/s1. The lowest BCUT2D eigenvalue weighted by atomic mass is 10.0. The van der Waals surface area contributed by atoms with Gasteiger partial charge in [-0.2, -0.15) is 0 Å². The van der Waals surface area contributed by atoms with Gasteiger partial charge >= 0.3 is 0 Å². The fourth-order valence-electron chi connectivity index (χ4n) is 3.99. The topological polar surface area (TPSA) is 86.3 Å². The molecule has 2 amide bonds. The van der Waals surface area contributed by atoms with Gasteiger partial charge in [0.1, 0.15) is 29.0 Å². The van der Waals surface area contributed by atoms with Crippen LogP contribution in [0, 0.1) is 0 Å². The molecule has 0 spiro atoms. The number of carbonyl (C=O) groups excluding carboxylic acids is 2. The van der Waals surface area contributed by atoms with Crippen molar-refractivity contribution < 1.29 is 28.5 Å². The predicted molar refractivity (Wildman–Crippen MR) is 146 cm³/mol. The van der Waals surface area contributed by atoms with Crippen molar-refractivity contribution >= 4 is 11.8 Å². The molecule has 0 bridgehead atoms. The molecule has 0 aliphatic heterocycles. The fourth-order valence-corrected chi connectivity index (χ4v) is 3.99. The van der Waals surface area contributed by atoms with Gasteiger partial charge in [-0.1, -0.05) is 42.5 Å². The van der Waals surface area contributed by atoms with Crippen LogP contribution in [0.3, 0.4) is 0 Å². The van der Waals surface area contributed by atoms with Crippen molar-refractivity contribution in [2.24, 2.45) is 0 Å². The minimum absolute atomic E-state index is 0.0879. The molecule has 0 unspecified atom stereocenters. The van der Waals surface area contributed by atoms with Crippen LogP contribution in [0.5, 0.6) is 23.0 Å². The fraction of sp³-hybridized carbons (Fsp3) is 0.333. The van der Waals surface area contributed by atoms with Gasteiger partial charge in [-0.3, -0.25) is 9.59 Å². The SMILES string of the molecule is COc1cccc(CN(C(=O)COc2cc(OC)cc(OC)c2)[C@H](Cc2ccccc2)C(=O)NC(C)C)c1. The Morgan fingerprint density at radius 2 is 1.37 bits per heavy atom. The molecule has 8 nitrogen and oxygen atoms in total. The van der Waals surface area contributed by atoms with E-state index in [0.29, 0.717) is 29.4 Å². The van der Waals surface area contributed by atoms with Gasteiger partial charge in [0.05, 0.1) is 21.3 Å². The highest BCUT2D eigenvalue weighted by Crippen LogP contribution is 2.27. The third-order valence-electron chi connectivity index (χ3n) is 5.88. The van der Waals surface area contributed by atoms with Crippen LogP contribution < -0.4 is 24.3 Å². The lowest BCUT2D eigenvalue weighted by Gasteiger charge is -2.32. The van der Waals surface area contributed by atoms with E-state index in [1.165, 1.54) is 0 Å². The quantitative estimate of drug-likeness (QED) is 0.363. The zero-order chi connectivity index (χ0) is 27.5. The second-order valence-electron chi connectivity index (χ2n) is 9.08. The smallest absolute Gasteiger partial charge is 0.261 e. The molecule has 0 aromatic heterocycles. The summed E-state index contributed by atoms with van der Waals surface area (Å²) >= 11 is 0. The zero-order valence-corrected chi connectivity index (χ0v) is 22.6. The van der Waals surface area contributed by atoms with Gasteiger partial charge in [-0.25, -0.2) is 0 Å². The Kier molecular flexibility index (Phi) is 10.4. The summed E-state index contributed by atoms with van der Waals surface area (Å²) in [5, 5.41) is 2.98. The first kappa shape index (κ1) is 28.4. The highest BCUT2D eigenvalue weighted by atomic mass is 16.5. The molecule has 3 rings (SSSR count). The second kappa shape index (κ2) is 13.9. The van der Waals surface area contributed by atoms with E-state index in [4.69, 9.17) is 18.9 Å². The Hall–Kier alpha value is -4.20. The maximum atomic E-state index is 13.7. The summed E-state index contributed by atoms with van der Waals surface area (Å²) in [6, 6.07) is 21.3. The number of amides is 2. The van der Waals surface area contributed by atoms with Crippen LogP contribution in [0.4, 0.5) is 0 Å². The summed E-state index contributed by atoms with van der Waals surface area (Å²) < 4.78 is 21.9. The molecule has 0 saturated heterocycles. The summed E-state index contributed by atoms with van der Waals surface area (Å²) in [5.41, 5.74) is 1.77. The first-order chi connectivity index (χ1) is 18.3. The van der Waals surface area contributed by atoms with E-state index in [1.807, 2.05) is 68.4 Å². The third-order valence-corrected chi connectivity index (χ3v) is 5.88. The molecule has 3 aromatic rings. The monoisotopic (exact) mass is 520 g/mol. The van der Waals surface area contributed by atoms with Crippen molar-refractivity contribution in [3.63, 3.8) is 0 Å². The summed E-state index contributed by atoms with van der Waals surface area (Å²) in [7, 11) is 4.68. The molecule has 1 atom stereocenters. The third kappa shape index (κ3) is 8.16. The number of rotatable bonds is 13. The lowest BCUT2D eigenvalue weighted by molar-refractivity contribution is -0.143. The summed E-state index contributed by atoms with van der Waals surface area (Å²) in [5.74, 6) is 1.59. The number of nitrogens with zero attached hydrogens (tertiary/aromatic N) is 1. The van der Waals surface area contributed by atoms with Crippen LogP contribution in [0.15, 0.2) is 72.8 Å². The minimum Gasteiger partial charge on any atom is -0.497 e. The van der Waals surface area contributed by atoms with Crippen molar-refractivity contribution in [1.29, 1.82) is 0 Å². The largest absolute Gasteiger partial charge is 0.497 e. The normalized spacial score (nSPS) is 11.4. The van der Waals surface area contributed by atoms with Crippen molar-refractivity contribution in [3.05, 3.63) is 83.9 Å². The first-order valence-electron chi connectivity index (χ1n) is 12.5. The molecule has 3 aromatic carbocycles. The van der Waals surface area contributed by atoms with Gasteiger partial charge in [0.2, 0.25) is 5.91 Å². The zero-order valence-electron chi connectivity index (χ0n) is 22.6. The van der Waals surface area contributed by atoms with Crippen LogP contribution in [0.1, 0.15) is 25.0 Å². The van der Waals surface area contributed by atoms with Crippen LogP contribution in [0.2, 0.25) is 0 Å². The van der Waals surface area contributed by atoms with Crippen molar-refractivity contribution in [2.75, 3.05) is 27.9 Å². The van der Waals surface area contributed by atoms with E-state index in [-0.39, 0.29) is 31.0 Å². The van der Waals surface area contributed by atoms with Crippen molar-refractivity contribution in [3.8, 4) is 23.0 Å². The van der Waals surface area contributed by atoms with Crippen LogP contribution in [0.25, 0.3) is 0 Å². The maximum absolute atomic E-state index is 13.7. The minimum atomic E-state index is -0.762. The van der Waals surface area contributed by atoms with E-state index in [0.717, 1.165) is 11.1 Å². The first-order valence-corrected chi connectivity index (χ1v) is 12.5. The molecule has 0 heterocycles. The van der Waals surface area contributed by atoms with Crippen molar-refractivity contribution in [1.82, 2.24) is 10.2 Å². The number of nitrogens with one attached hydrogen (secondary N) is 1. The van der Waals surface area contributed by atoms with Gasteiger partial charge < -0.3 is 29.2 Å². The number of carbonyl (C=O) groups is 2. The molecule has 0 aliphatic rings. The molecule has 1 N–H and O–H groups in total. The highest BCUT2D eigenvalue weighted by Gasteiger charge is 2.31. The number of ether oxygens (including phenoxy) is 4. The van der Waals surface area contributed by atoms with Gasteiger partial charge in [-0.05, 0) is 37.1 Å². The Balaban J connectivity index is 1.93. The molecule has 0 radical (unpaired) electrons. The molecule has 0 aliphatic carbocycles. The Labute approximate surface area is 224 Å². The molecular weight excluding hydrogens is 484 g/mol. The van der Waals surface area contributed by atoms with Crippen LogP contribution in [-0.2, 0) is 22.6 Å².